The molecule has 5 nitrogen and oxygen atoms in total. The molecule has 2 aromatic rings. The first-order valence-electron chi connectivity index (χ1n) is 10.5. The molecule has 0 aliphatic carbocycles. The van der Waals surface area contributed by atoms with Gasteiger partial charge in [0.2, 0.25) is 5.91 Å². The van der Waals surface area contributed by atoms with Gasteiger partial charge in [-0.2, -0.15) is 0 Å². The van der Waals surface area contributed by atoms with Crippen LogP contribution in [0.25, 0.3) is 11.1 Å². The van der Waals surface area contributed by atoms with Crippen molar-refractivity contribution < 1.29 is 4.79 Å². The number of benzene rings is 1. The molecule has 2 bridgehead atoms. The third kappa shape index (κ3) is 3.28. The molecule has 0 radical (unpaired) electrons. The van der Waals surface area contributed by atoms with Crippen LogP contribution in [0.1, 0.15) is 30.9 Å². The Morgan fingerprint density at radius 2 is 1.75 bits per heavy atom. The zero-order valence-electron chi connectivity index (χ0n) is 16.2. The average molecular weight is 377 g/mol. The van der Waals surface area contributed by atoms with Gasteiger partial charge in [0.25, 0.3) is 5.56 Å². The number of hydrogen-bond acceptors (Lipinski definition) is 3. The van der Waals surface area contributed by atoms with Crippen molar-refractivity contribution in [2.45, 2.75) is 31.7 Å². The molecule has 0 N–H and O–H groups in total. The lowest BCUT2D eigenvalue weighted by atomic mass is 9.82. The molecule has 3 aliphatic rings. The number of nitrogens with zero attached hydrogens (tertiary/aromatic N) is 3. The lowest BCUT2D eigenvalue weighted by molar-refractivity contribution is -0.132. The van der Waals surface area contributed by atoms with Gasteiger partial charge in [-0.15, -0.1) is 0 Å². The Morgan fingerprint density at radius 1 is 0.964 bits per heavy atom. The summed E-state index contributed by atoms with van der Waals surface area (Å²) in [6.45, 7) is 4.91. The van der Waals surface area contributed by atoms with Crippen LogP contribution in [0.4, 0.5) is 0 Å². The number of aromatic nitrogens is 1. The molecule has 5 rings (SSSR count). The van der Waals surface area contributed by atoms with Gasteiger partial charge >= 0.3 is 0 Å². The summed E-state index contributed by atoms with van der Waals surface area (Å²) < 4.78 is 1.98. The second-order valence-electron chi connectivity index (χ2n) is 8.56. The molecule has 1 amide bonds. The summed E-state index contributed by atoms with van der Waals surface area (Å²) in [7, 11) is 0. The minimum Gasteiger partial charge on any atom is -0.342 e. The maximum absolute atomic E-state index is 12.8. The van der Waals surface area contributed by atoms with Crippen molar-refractivity contribution in [1.82, 2.24) is 14.4 Å². The highest BCUT2D eigenvalue weighted by Crippen LogP contribution is 2.36. The first-order chi connectivity index (χ1) is 13.7. The molecule has 1 aromatic heterocycles. The Morgan fingerprint density at radius 3 is 2.54 bits per heavy atom. The van der Waals surface area contributed by atoms with Gasteiger partial charge in [-0.05, 0) is 42.4 Å². The van der Waals surface area contributed by atoms with E-state index in [0.29, 0.717) is 18.4 Å². The SMILES string of the molecule is O=C(CN1C[C@@H]2C[C@H](C1)c1cc(-c3ccccc3)cc(=O)n1C2)N1CCCC1. The molecular formula is C23H27N3O2. The fourth-order valence-electron chi connectivity index (χ4n) is 5.24. The monoisotopic (exact) mass is 377 g/mol. The largest absolute Gasteiger partial charge is 0.342 e. The smallest absolute Gasteiger partial charge is 0.251 e. The fraction of sp³-hybridized carbons (Fsp3) is 0.478. The topological polar surface area (TPSA) is 45.6 Å². The summed E-state index contributed by atoms with van der Waals surface area (Å²) >= 11 is 0. The van der Waals surface area contributed by atoms with Gasteiger partial charge in [-0.1, -0.05) is 30.3 Å². The van der Waals surface area contributed by atoms with E-state index in [1.165, 1.54) is 0 Å². The Balaban J connectivity index is 1.40. The second-order valence-corrected chi connectivity index (χ2v) is 8.56. The van der Waals surface area contributed by atoms with Crippen LogP contribution in [0.3, 0.4) is 0 Å². The molecule has 4 heterocycles. The van der Waals surface area contributed by atoms with E-state index in [4.69, 9.17) is 0 Å². The van der Waals surface area contributed by atoms with E-state index in [1.54, 1.807) is 6.07 Å². The number of carbonyl (C=O) groups is 1. The Hall–Kier alpha value is -2.40. The lowest BCUT2D eigenvalue weighted by Crippen LogP contribution is -2.50. The number of piperidine rings is 1. The van der Waals surface area contributed by atoms with E-state index in [-0.39, 0.29) is 11.5 Å². The van der Waals surface area contributed by atoms with Gasteiger partial charge in [0.1, 0.15) is 0 Å². The highest BCUT2D eigenvalue weighted by Gasteiger charge is 2.36. The van der Waals surface area contributed by atoms with Crippen molar-refractivity contribution in [2.75, 3.05) is 32.7 Å². The lowest BCUT2D eigenvalue weighted by Gasteiger charge is -2.43. The molecular weight excluding hydrogens is 350 g/mol. The van der Waals surface area contributed by atoms with Gasteiger partial charge in [0.05, 0.1) is 6.54 Å². The molecule has 0 unspecified atom stereocenters. The molecule has 146 valence electrons. The molecule has 2 fully saturated rings. The average Bonchev–Trinajstić information content (AvgIpc) is 3.24. The molecule has 1 aromatic carbocycles. The van der Waals surface area contributed by atoms with Gasteiger partial charge < -0.3 is 9.47 Å². The van der Waals surface area contributed by atoms with Crippen molar-refractivity contribution >= 4 is 5.91 Å². The standard InChI is InChI=1S/C23H27N3O2/c27-22-12-19(18-6-2-1-3-7-18)11-21-20-10-17(14-26(21)22)13-24(15-20)16-23(28)25-8-4-5-9-25/h1-3,6-7,11-12,17,20H,4-5,8-10,13-16H2/t17-,20+/m0/s1. The van der Waals surface area contributed by atoms with Crippen LogP contribution in [0, 0.1) is 5.92 Å². The first kappa shape index (κ1) is 17.7. The summed E-state index contributed by atoms with van der Waals surface area (Å²) in [5.74, 6) is 1.06. The summed E-state index contributed by atoms with van der Waals surface area (Å²) in [5, 5.41) is 0. The molecule has 0 spiro atoms. The van der Waals surface area contributed by atoms with Crippen molar-refractivity contribution in [3.8, 4) is 11.1 Å². The van der Waals surface area contributed by atoms with Crippen LogP contribution >= 0.6 is 0 Å². The van der Waals surface area contributed by atoms with Crippen molar-refractivity contribution in [3.63, 3.8) is 0 Å². The molecule has 2 atom stereocenters. The van der Waals surface area contributed by atoms with Crippen LogP contribution in [0.5, 0.6) is 0 Å². The van der Waals surface area contributed by atoms with Crippen LogP contribution in [-0.2, 0) is 11.3 Å². The third-order valence-electron chi connectivity index (χ3n) is 6.56. The van der Waals surface area contributed by atoms with E-state index in [0.717, 1.165) is 68.8 Å². The minimum atomic E-state index is 0.104. The molecule has 5 heteroatoms. The van der Waals surface area contributed by atoms with Crippen LogP contribution in [-0.4, -0.2) is 53.0 Å². The second kappa shape index (κ2) is 7.21. The molecule has 2 saturated heterocycles. The van der Waals surface area contributed by atoms with Crippen molar-refractivity contribution in [1.29, 1.82) is 0 Å². The predicted octanol–water partition coefficient (Wildman–Crippen LogP) is 2.56. The summed E-state index contributed by atoms with van der Waals surface area (Å²) in [5.41, 5.74) is 3.33. The van der Waals surface area contributed by atoms with Gasteiger partial charge in [0, 0.05) is 50.4 Å². The zero-order valence-corrected chi connectivity index (χ0v) is 16.2. The number of carbonyl (C=O) groups excluding carboxylic acids is 1. The Bertz CT molecular complexity index is 931. The Kier molecular flexibility index (Phi) is 4.55. The number of rotatable bonds is 3. The Labute approximate surface area is 165 Å². The van der Waals surface area contributed by atoms with Gasteiger partial charge in [0.15, 0.2) is 0 Å². The number of fused-ring (bicyclic) bond motifs is 4. The summed E-state index contributed by atoms with van der Waals surface area (Å²) in [6, 6.07) is 14.1. The van der Waals surface area contributed by atoms with Gasteiger partial charge in [-0.25, -0.2) is 0 Å². The van der Waals surface area contributed by atoms with Crippen LogP contribution in [0.2, 0.25) is 0 Å². The van der Waals surface area contributed by atoms with E-state index in [1.807, 2.05) is 27.7 Å². The summed E-state index contributed by atoms with van der Waals surface area (Å²) in [4.78, 5) is 29.7. The van der Waals surface area contributed by atoms with E-state index in [2.05, 4.69) is 23.1 Å². The predicted molar refractivity (Wildman–Crippen MR) is 109 cm³/mol. The number of amides is 1. The third-order valence-corrected chi connectivity index (χ3v) is 6.56. The van der Waals surface area contributed by atoms with Crippen molar-refractivity contribution in [3.05, 3.63) is 58.5 Å². The van der Waals surface area contributed by atoms with E-state index >= 15 is 0 Å². The molecule has 28 heavy (non-hydrogen) atoms. The zero-order chi connectivity index (χ0) is 19.1. The molecule has 0 saturated carbocycles. The van der Waals surface area contributed by atoms with E-state index < -0.39 is 0 Å². The fourth-order valence-corrected chi connectivity index (χ4v) is 5.24. The first-order valence-corrected chi connectivity index (χ1v) is 10.5. The maximum Gasteiger partial charge on any atom is 0.251 e. The highest BCUT2D eigenvalue weighted by atomic mass is 16.2. The van der Waals surface area contributed by atoms with Crippen LogP contribution in [0.15, 0.2) is 47.3 Å². The quantitative estimate of drug-likeness (QED) is 0.826. The molecule has 3 aliphatic heterocycles. The highest BCUT2D eigenvalue weighted by molar-refractivity contribution is 5.78. The normalized spacial score (nSPS) is 24.2. The van der Waals surface area contributed by atoms with E-state index in [9.17, 15) is 9.59 Å². The number of hydrogen-bond donors (Lipinski definition) is 0. The van der Waals surface area contributed by atoms with Gasteiger partial charge in [-0.3, -0.25) is 14.5 Å². The maximum atomic E-state index is 12.8. The number of pyridine rings is 1. The van der Waals surface area contributed by atoms with Crippen LogP contribution < -0.4 is 5.56 Å². The summed E-state index contributed by atoms with van der Waals surface area (Å²) in [6.07, 6.45) is 3.39. The number of likely N-dealkylation sites (tertiary alicyclic amines) is 2. The van der Waals surface area contributed by atoms with Crippen molar-refractivity contribution in [2.24, 2.45) is 5.92 Å². The minimum absolute atomic E-state index is 0.104.